The molecule has 1 unspecified atom stereocenters. The van der Waals surface area contributed by atoms with E-state index in [1.165, 1.54) is 6.26 Å². The molecule has 9 heteroatoms. The first kappa shape index (κ1) is 18.2. The smallest absolute Gasteiger partial charge is 0.273 e. The number of hydrogen-bond acceptors (Lipinski definition) is 7. The number of aromatic nitrogens is 4. The number of carbonyl (C=O) groups excluding carboxylic acids is 1. The highest BCUT2D eigenvalue weighted by atomic mass is 32.1. The molecule has 1 aromatic carbocycles. The number of nitrogens with one attached hydrogen (secondary N) is 1. The summed E-state index contributed by atoms with van der Waals surface area (Å²) in [5.41, 5.74) is 1.13. The average molecular weight is 397 g/mol. The number of amides is 1. The Labute approximate surface area is 165 Å². The number of hydrogen-bond donors (Lipinski definition) is 1. The van der Waals surface area contributed by atoms with E-state index < -0.39 is 0 Å². The topological polar surface area (TPSA) is 95.1 Å². The summed E-state index contributed by atoms with van der Waals surface area (Å²) in [5, 5.41) is 3.85. The molecule has 0 aliphatic carbocycles. The standard InChI is InChI=1S/C19H19N5O3S/c1-12(24-6-5-20-11-24)8-21-19(25)16-9-27-18(23-16)10-26-14-3-4-17-15(7-14)22-13(2)28-17/h3-7,9,11-12H,8,10H2,1-2H3,(H,21,25). The monoisotopic (exact) mass is 397 g/mol. The molecule has 1 atom stereocenters. The number of carbonyl (C=O) groups is 1. The van der Waals surface area contributed by atoms with E-state index in [0.29, 0.717) is 18.2 Å². The third-order valence-electron chi connectivity index (χ3n) is 4.20. The zero-order valence-corrected chi connectivity index (χ0v) is 16.3. The molecule has 0 bridgehead atoms. The van der Waals surface area contributed by atoms with Gasteiger partial charge >= 0.3 is 0 Å². The van der Waals surface area contributed by atoms with Crippen molar-refractivity contribution in [3.05, 3.63) is 59.8 Å². The predicted octanol–water partition coefficient (Wildman–Crippen LogP) is 3.36. The van der Waals surface area contributed by atoms with Crippen molar-refractivity contribution in [2.75, 3.05) is 6.54 Å². The predicted molar refractivity (Wildman–Crippen MR) is 104 cm³/mol. The molecule has 4 aromatic rings. The van der Waals surface area contributed by atoms with Gasteiger partial charge in [0.25, 0.3) is 5.91 Å². The van der Waals surface area contributed by atoms with Gasteiger partial charge in [-0.3, -0.25) is 4.79 Å². The molecule has 0 saturated carbocycles. The first-order valence-corrected chi connectivity index (χ1v) is 9.60. The Morgan fingerprint density at radius 3 is 3.11 bits per heavy atom. The van der Waals surface area contributed by atoms with Crippen LogP contribution in [0.2, 0.25) is 0 Å². The van der Waals surface area contributed by atoms with Crippen LogP contribution in [0, 0.1) is 6.92 Å². The van der Waals surface area contributed by atoms with Crippen LogP contribution >= 0.6 is 11.3 Å². The maximum Gasteiger partial charge on any atom is 0.273 e. The van der Waals surface area contributed by atoms with Crippen LogP contribution in [0.5, 0.6) is 5.75 Å². The molecule has 0 aliphatic rings. The van der Waals surface area contributed by atoms with Gasteiger partial charge in [0, 0.05) is 31.0 Å². The highest BCUT2D eigenvalue weighted by Crippen LogP contribution is 2.25. The second-order valence-corrected chi connectivity index (χ2v) is 7.58. The van der Waals surface area contributed by atoms with E-state index in [2.05, 4.69) is 20.3 Å². The maximum atomic E-state index is 12.2. The number of aryl methyl sites for hydroxylation is 1. The summed E-state index contributed by atoms with van der Waals surface area (Å²) in [6.45, 7) is 4.56. The molecule has 0 saturated heterocycles. The van der Waals surface area contributed by atoms with Crippen molar-refractivity contribution in [3.8, 4) is 5.75 Å². The van der Waals surface area contributed by atoms with Crippen molar-refractivity contribution in [1.29, 1.82) is 0 Å². The fraction of sp³-hybridized carbons (Fsp3) is 0.263. The second kappa shape index (κ2) is 7.81. The summed E-state index contributed by atoms with van der Waals surface area (Å²) in [4.78, 5) is 24.9. The Morgan fingerprint density at radius 1 is 1.39 bits per heavy atom. The van der Waals surface area contributed by atoms with Crippen molar-refractivity contribution >= 4 is 27.5 Å². The van der Waals surface area contributed by atoms with Crippen LogP contribution in [0.4, 0.5) is 0 Å². The molecule has 8 nitrogen and oxygen atoms in total. The molecule has 3 heterocycles. The molecule has 144 valence electrons. The molecule has 0 fully saturated rings. The first-order chi connectivity index (χ1) is 13.6. The number of thiazole rings is 1. The van der Waals surface area contributed by atoms with Gasteiger partial charge in [0.1, 0.15) is 12.0 Å². The van der Waals surface area contributed by atoms with E-state index in [0.717, 1.165) is 15.2 Å². The lowest BCUT2D eigenvalue weighted by atomic mass is 10.3. The zero-order chi connectivity index (χ0) is 19.5. The highest BCUT2D eigenvalue weighted by molar-refractivity contribution is 7.18. The molecule has 4 rings (SSSR count). The third kappa shape index (κ3) is 4.04. The van der Waals surface area contributed by atoms with Gasteiger partial charge in [-0.05, 0) is 26.0 Å². The van der Waals surface area contributed by atoms with Crippen molar-refractivity contribution in [2.45, 2.75) is 26.5 Å². The molecule has 1 N–H and O–H groups in total. The summed E-state index contributed by atoms with van der Waals surface area (Å²) in [6, 6.07) is 5.83. The molecule has 1 amide bonds. The lowest BCUT2D eigenvalue weighted by Gasteiger charge is -2.13. The van der Waals surface area contributed by atoms with Crippen LogP contribution in [0.15, 0.2) is 47.6 Å². The Kier molecular flexibility index (Phi) is 5.07. The van der Waals surface area contributed by atoms with Crippen molar-refractivity contribution in [1.82, 2.24) is 24.8 Å². The van der Waals surface area contributed by atoms with Crippen LogP contribution in [0.3, 0.4) is 0 Å². The highest BCUT2D eigenvalue weighted by Gasteiger charge is 2.14. The fourth-order valence-electron chi connectivity index (χ4n) is 2.71. The van der Waals surface area contributed by atoms with Gasteiger partial charge < -0.3 is 19.0 Å². The minimum Gasteiger partial charge on any atom is -0.484 e. The van der Waals surface area contributed by atoms with Crippen LogP contribution in [-0.4, -0.2) is 32.0 Å². The lowest BCUT2D eigenvalue weighted by molar-refractivity contribution is 0.0943. The molecule has 0 spiro atoms. The zero-order valence-electron chi connectivity index (χ0n) is 15.5. The number of benzene rings is 1. The van der Waals surface area contributed by atoms with Gasteiger partial charge in [-0.25, -0.2) is 15.0 Å². The number of rotatable bonds is 7. The van der Waals surface area contributed by atoms with E-state index >= 15 is 0 Å². The molecule has 0 radical (unpaired) electrons. The third-order valence-corrected chi connectivity index (χ3v) is 5.16. The van der Waals surface area contributed by atoms with E-state index in [1.807, 2.05) is 42.8 Å². The molecule has 28 heavy (non-hydrogen) atoms. The largest absolute Gasteiger partial charge is 0.484 e. The Hall–Kier alpha value is -3.20. The Bertz CT molecular complexity index is 1090. The summed E-state index contributed by atoms with van der Waals surface area (Å²) in [6.07, 6.45) is 6.61. The average Bonchev–Trinajstić information content (AvgIpc) is 3.43. The number of ether oxygens (including phenoxy) is 1. The minimum atomic E-state index is -0.290. The second-order valence-electron chi connectivity index (χ2n) is 6.35. The van der Waals surface area contributed by atoms with E-state index in [4.69, 9.17) is 9.15 Å². The van der Waals surface area contributed by atoms with Crippen molar-refractivity contribution in [2.24, 2.45) is 0 Å². The molecule has 0 aliphatic heterocycles. The SMILES string of the molecule is Cc1nc2cc(OCc3nc(C(=O)NCC(C)n4ccnc4)co3)ccc2s1. The summed E-state index contributed by atoms with van der Waals surface area (Å²) in [5.74, 6) is 0.722. The number of nitrogens with zero attached hydrogens (tertiary/aromatic N) is 4. The van der Waals surface area contributed by atoms with E-state index in [-0.39, 0.29) is 24.2 Å². The van der Waals surface area contributed by atoms with Crippen LogP contribution in [-0.2, 0) is 6.61 Å². The Balaban J connectivity index is 1.32. The minimum absolute atomic E-state index is 0.0884. The van der Waals surface area contributed by atoms with Gasteiger partial charge in [-0.15, -0.1) is 11.3 Å². The van der Waals surface area contributed by atoms with Gasteiger partial charge in [-0.1, -0.05) is 0 Å². The Morgan fingerprint density at radius 2 is 2.29 bits per heavy atom. The van der Waals surface area contributed by atoms with E-state index in [1.54, 1.807) is 23.9 Å². The number of fused-ring (bicyclic) bond motifs is 1. The summed E-state index contributed by atoms with van der Waals surface area (Å²) in [7, 11) is 0. The maximum absolute atomic E-state index is 12.2. The quantitative estimate of drug-likeness (QED) is 0.514. The summed E-state index contributed by atoms with van der Waals surface area (Å²) >= 11 is 1.64. The van der Waals surface area contributed by atoms with Crippen LogP contribution < -0.4 is 10.1 Å². The number of oxazole rings is 1. The van der Waals surface area contributed by atoms with Gasteiger partial charge in [0.15, 0.2) is 12.3 Å². The first-order valence-electron chi connectivity index (χ1n) is 8.78. The van der Waals surface area contributed by atoms with Crippen LogP contribution in [0.25, 0.3) is 10.2 Å². The van der Waals surface area contributed by atoms with Gasteiger partial charge in [-0.2, -0.15) is 0 Å². The van der Waals surface area contributed by atoms with Gasteiger partial charge in [0.2, 0.25) is 5.89 Å². The normalized spacial score (nSPS) is 12.2. The summed E-state index contributed by atoms with van der Waals surface area (Å²) < 4.78 is 14.1. The van der Waals surface area contributed by atoms with Crippen molar-refractivity contribution in [3.63, 3.8) is 0 Å². The van der Waals surface area contributed by atoms with E-state index in [9.17, 15) is 4.79 Å². The molecule has 3 aromatic heterocycles. The molecular weight excluding hydrogens is 378 g/mol. The molecular formula is C19H19N5O3S. The van der Waals surface area contributed by atoms with Crippen LogP contribution in [0.1, 0.15) is 34.4 Å². The number of imidazole rings is 1. The lowest BCUT2D eigenvalue weighted by Crippen LogP contribution is -2.29. The fourth-order valence-corrected chi connectivity index (χ4v) is 3.51. The van der Waals surface area contributed by atoms with Gasteiger partial charge in [0.05, 0.1) is 21.6 Å². The van der Waals surface area contributed by atoms with Crippen molar-refractivity contribution < 1.29 is 13.9 Å².